The Labute approximate surface area is 148 Å². The van der Waals surface area contributed by atoms with Gasteiger partial charge in [0.15, 0.2) is 0 Å². The summed E-state index contributed by atoms with van der Waals surface area (Å²) in [5, 5.41) is 4.28. The molecule has 0 bridgehead atoms. The van der Waals surface area contributed by atoms with Gasteiger partial charge in [-0.05, 0) is 31.9 Å². The van der Waals surface area contributed by atoms with Gasteiger partial charge in [-0.25, -0.2) is 0 Å². The Morgan fingerprint density at radius 1 is 1.24 bits per heavy atom. The van der Waals surface area contributed by atoms with Crippen molar-refractivity contribution in [1.29, 1.82) is 0 Å². The predicted molar refractivity (Wildman–Crippen MR) is 96.2 cm³/mol. The first-order valence-corrected chi connectivity index (χ1v) is 9.07. The van der Waals surface area contributed by atoms with Crippen LogP contribution in [-0.4, -0.2) is 41.7 Å². The normalized spacial score (nSPS) is 23.1. The van der Waals surface area contributed by atoms with Crippen LogP contribution in [0.15, 0.2) is 35.4 Å². The number of amides is 1. The van der Waals surface area contributed by atoms with Crippen molar-refractivity contribution in [3.05, 3.63) is 30.3 Å². The van der Waals surface area contributed by atoms with Gasteiger partial charge in [0, 0.05) is 12.6 Å². The number of nitrogens with zero attached hydrogens (tertiary/aromatic N) is 2. The highest BCUT2D eigenvalue weighted by Gasteiger charge is 2.45. The number of hydrazone groups is 1. The summed E-state index contributed by atoms with van der Waals surface area (Å²) in [6.07, 6.45) is 5.48. The van der Waals surface area contributed by atoms with Crippen LogP contribution in [0.4, 0.5) is 5.69 Å². The number of esters is 1. The highest BCUT2D eigenvalue weighted by Crippen LogP contribution is 2.28. The number of carbonyl (C=O) groups excluding carboxylic acids is 2. The lowest BCUT2D eigenvalue weighted by molar-refractivity contribution is -0.145. The second kappa shape index (κ2) is 8.14. The average molecular weight is 343 g/mol. The SMILES string of the molecule is CCOC(=O)C1CN(C2CCCCC2)C(=O)/C1=N\Nc1ccccc1. The summed E-state index contributed by atoms with van der Waals surface area (Å²) < 4.78 is 5.17. The number of ether oxygens (including phenoxy) is 1. The number of anilines is 1. The Morgan fingerprint density at radius 3 is 2.64 bits per heavy atom. The van der Waals surface area contributed by atoms with E-state index in [4.69, 9.17) is 4.74 Å². The van der Waals surface area contributed by atoms with E-state index in [9.17, 15) is 9.59 Å². The van der Waals surface area contributed by atoms with Gasteiger partial charge in [-0.3, -0.25) is 15.0 Å². The number of carbonyl (C=O) groups is 2. The van der Waals surface area contributed by atoms with Crippen LogP contribution < -0.4 is 5.43 Å². The maximum absolute atomic E-state index is 12.9. The van der Waals surface area contributed by atoms with Crippen molar-refractivity contribution in [2.75, 3.05) is 18.6 Å². The molecular weight excluding hydrogens is 318 g/mol. The molecule has 1 heterocycles. The summed E-state index contributed by atoms with van der Waals surface area (Å²) in [6, 6.07) is 9.61. The number of rotatable bonds is 5. The second-order valence-corrected chi connectivity index (χ2v) is 6.53. The maximum atomic E-state index is 12.9. The van der Waals surface area contributed by atoms with Gasteiger partial charge < -0.3 is 9.64 Å². The molecule has 0 spiro atoms. The molecule has 1 aromatic rings. The molecule has 6 heteroatoms. The van der Waals surface area contributed by atoms with E-state index in [1.807, 2.05) is 35.2 Å². The van der Waals surface area contributed by atoms with Crippen molar-refractivity contribution in [2.45, 2.75) is 45.1 Å². The Kier molecular flexibility index (Phi) is 5.68. The van der Waals surface area contributed by atoms with Gasteiger partial charge in [0.05, 0.1) is 12.3 Å². The molecule has 1 aliphatic carbocycles. The molecule has 2 aliphatic rings. The molecule has 1 N–H and O–H groups in total. The minimum absolute atomic E-state index is 0.145. The third kappa shape index (κ3) is 4.00. The fourth-order valence-electron chi connectivity index (χ4n) is 3.56. The van der Waals surface area contributed by atoms with Crippen LogP contribution in [0.5, 0.6) is 0 Å². The second-order valence-electron chi connectivity index (χ2n) is 6.53. The lowest BCUT2D eigenvalue weighted by atomic mass is 9.94. The summed E-state index contributed by atoms with van der Waals surface area (Å²) in [7, 11) is 0. The van der Waals surface area contributed by atoms with Crippen molar-refractivity contribution in [2.24, 2.45) is 11.0 Å². The minimum Gasteiger partial charge on any atom is -0.465 e. The van der Waals surface area contributed by atoms with Crippen LogP contribution in [0.3, 0.4) is 0 Å². The highest BCUT2D eigenvalue weighted by molar-refractivity contribution is 6.44. The Hall–Kier alpha value is -2.37. The standard InChI is InChI=1S/C19H25N3O3/c1-2-25-19(24)16-13-22(15-11-7-4-8-12-15)18(23)17(16)21-20-14-9-5-3-6-10-14/h3,5-6,9-10,15-16,20H,2,4,7-8,11-13H2,1H3/b21-17-. The zero-order valence-electron chi connectivity index (χ0n) is 14.6. The molecule has 1 saturated heterocycles. The van der Waals surface area contributed by atoms with Crippen LogP contribution in [0, 0.1) is 5.92 Å². The molecule has 0 aromatic heterocycles. The zero-order valence-corrected chi connectivity index (χ0v) is 14.6. The van der Waals surface area contributed by atoms with E-state index >= 15 is 0 Å². The van der Waals surface area contributed by atoms with E-state index in [1.54, 1.807) is 6.92 Å². The Balaban J connectivity index is 1.80. The van der Waals surface area contributed by atoms with Gasteiger partial charge in [-0.1, -0.05) is 37.5 Å². The third-order valence-corrected chi connectivity index (χ3v) is 4.86. The summed E-state index contributed by atoms with van der Waals surface area (Å²) in [5.74, 6) is -1.14. The molecule has 1 unspecified atom stereocenters. The van der Waals surface area contributed by atoms with E-state index < -0.39 is 5.92 Å². The van der Waals surface area contributed by atoms with Gasteiger partial charge in [0.25, 0.3) is 5.91 Å². The van der Waals surface area contributed by atoms with E-state index in [0.717, 1.165) is 31.4 Å². The summed E-state index contributed by atoms with van der Waals surface area (Å²) in [5.41, 5.74) is 3.94. The number of hydrogen-bond donors (Lipinski definition) is 1. The molecule has 1 aromatic carbocycles. The van der Waals surface area contributed by atoms with E-state index in [0.29, 0.717) is 13.2 Å². The van der Waals surface area contributed by atoms with Crippen molar-refractivity contribution in [3.8, 4) is 0 Å². The molecule has 2 fully saturated rings. The highest BCUT2D eigenvalue weighted by atomic mass is 16.5. The molecule has 0 radical (unpaired) electrons. The molecule has 1 amide bonds. The number of benzene rings is 1. The van der Waals surface area contributed by atoms with Crippen LogP contribution in [0.25, 0.3) is 0 Å². The number of para-hydroxylation sites is 1. The van der Waals surface area contributed by atoms with Crippen molar-refractivity contribution >= 4 is 23.3 Å². The van der Waals surface area contributed by atoms with Gasteiger partial charge >= 0.3 is 5.97 Å². The van der Waals surface area contributed by atoms with Gasteiger partial charge in [0.1, 0.15) is 11.6 Å². The van der Waals surface area contributed by atoms with Crippen molar-refractivity contribution < 1.29 is 14.3 Å². The topological polar surface area (TPSA) is 71.0 Å². The molecule has 25 heavy (non-hydrogen) atoms. The quantitative estimate of drug-likeness (QED) is 0.659. The molecule has 6 nitrogen and oxygen atoms in total. The third-order valence-electron chi connectivity index (χ3n) is 4.86. The first kappa shape index (κ1) is 17.5. The lowest BCUT2D eigenvalue weighted by Crippen LogP contribution is -2.39. The van der Waals surface area contributed by atoms with Gasteiger partial charge in [-0.2, -0.15) is 5.10 Å². The fraction of sp³-hybridized carbons (Fsp3) is 0.526. The summed E-state index contributed by atoms with van der Waals surface area (Å²) in [6.45, 7) is 2.44. The van der Waals surface area contributed by atoms with E-state index in [-0.39, 0.29) is 23.6 Å². The van der Waals surface area contributed by atoms with E-state index in [1.165, 1.54) is 6.42 Å². The molecule has 3 rings (SSSR count). The molecule has 1 atom stereocenters. The van der Waals surface area contributed by atoms with Gasteiger partial charge in [-0.15, -0.1) is 0 Å². The van der Waals surface area contributed by atoms with Crippen LogP contribution >= 0.6 is 0 Å². The van der Waals surface area contributed by atoms with Crippen molar-refractivity contribution in [3.63, 3.8) is 0 Å². The van der Waals surface area contributed by atoms with Gasteiger partial charge in [0.2, 0.25) is 0 Å². The molecule has 134 valence electrons. The monoisotopic (exact) mass is 343 g/mol. The molecule has 1 aliphatic heterocycles. The lowest BCUT2D eigenvalue weighted by Gasteiger charge is -2.30. The Morgan fingerprint density at radius 2 is 1.96 bits per heavy atom. The summed E-state index contributed by atoms with van der Waals surface area (Å²) >= 11 is 0. The predicted octanol–water partition coefficient (Wildman–Crippen LogP) is 2.81. The Bertz CT molecular complexity index is 639. The maximum Gasteiger partial charge on any atom is 0.317 e. The van der Waals surface area contributed by atoms with Crippen molar-refractivity contribution in [1.82, 2.24) is 4.90 Å². The molecule has 1 saturated carbocycles. The first-order valence-electron chi connectivity index (χ1n) is 9.07. The fourth-order valence-corrected chi connectivity index (χ4v) is 3.56. The molecular formula is C19H25N3O3. The van der Waals surface area contributed by atoms with Crippen LogP contribution in [-0.2, 0) is 14.3 Å². The summed E-state index contributed by atoms with van der Waals surface area (Å²) in [4.78, 5) is 27.0. The average Bonchev–Trinajstić information content (AvgIpc) is 2.98. The largest absolute Gasteiger partial charge is 0.465 e. The zero-order chi connectivity index (χ0) is 17.6. The number of nitrogens with one attached hydrogen (secondary N) is 1. The van der Waals surface area contributed by atoms with E-state index in [2.05, 4.69) is 10.5 Å². The first-order chi connectivity index (χ1) is 12.2. The number of likely N-dealkylation sites (tertiary alicyclic amines) is 1. The minimum atomic E-state index is -0.620. The van der Waals surface area contributed by atoms with Crippen LogP contribution in [0.2, 0.25) is 0 Å². The number of hydrogen-bond acceptors (Lipinski definition) is 5. The smallest absolute Gasteiger partial charge is 0.317 e. The van der Waals surface area contributed by atoms with Crippen LogP contribution in [0.1, 0.15) is 39.0 Å².